The Hall–Kier alpha value is -1.34. The molecule has 3 rings (SSSR count). The number of nitrogens with one attached hydrogen (secondary N) is 1. The van der Waals surface area contributed by atoms with Crippen molar-refractivity contribution in [3.63, 3.8) is 0 Å². The summed E-state index contributed by atoms with van der Waals surface area (Å²) in [5.41, 5.74) is 0.519. The van der Waals surface area contributed by atoms with Crippen molar-refractivity contribution in [2.75, 3.05) is 26.2 Å². The Morgan fingerprint density at radius 2 is 1.95 bits per heavy atom. The smallest absolute Gasteiger partial charge is 0.315 e. The standard InChI is InChI=1S/C13H16F3N3O/c14-13(15,16)9-19-4-10(1-2-11(19)20)3-18-7-12(8-18)5-17-6-12/h1-2,4,17H,3,5-9H2. The molecular weight excluding hydrogens is 271 g/mol. The van der Waals surface area contributed by atoms with Crippen LogP contribution in [0, 0.1) is 5.41 Å². The van der Waals surface area contributed by atoms with Gasteiger partial charge < -0.3 is 9.88 Å². The zero-order valence-corrected chi connectivity index (χ0v) is 10.9. The molecule has 7 heteroatoms. The Kier molecular flexibility index (Phi) is 3.13. The maximum Gasteiger partial charge on any atom is 0.406 e. The van der Waals surface area contributed by atoms with Crippen molar-refractivity contribution in [3.05, 3.63) is 34.2 Å². The monoisotopic (exact) mass is 287 g/mol. The van der Waals surface area contributed by atoms with Crippen LogP contribution < -0.4 is 10.9 Å². The zero-order chi connectivity index (χ0) is 14.4. The van der Waals surface area contributed by atoms with E-state index in [-0.39, 0.29) is 0 Å². The number of likely N-dealkylation sites (tertiary alicyclic amines) is 1. The van der Waals surface area contributed by atoms with Crippen LogP contribution in [-0.4, -0.2) is 41.8 Å². The molecule has 0 aromatic carbocycles. The summed E-state index contributed by atoms with van der Waals surface area (Å²) in [6.45, 7) is 3.36. The van der Waals surface area contributed by atoms with Gasteiger partial charge >= 0.3 is 6.18 Å². The fraction of sp³-hybridized carbons (Fsp3) is 0.615. The third kappa shape index (κ3) is 2.73. The fourth-order valence-electron chi connectivity index (χ4n) is 2.97. The lowest BCUT2D eigenvalue weighted by atomic mass is 9.74. The molecule has 110 valence electrons. The first kappa shape index (κ1) is 13.6. The van der Waals surface area contributed by atoms with Gasteiger partial charge in [-0.05, 0) is 5.56 Å². The van der Waals surface area contributed by atoms with Crippen LogP contribution in [0.4, 0.5) is 13.2 Å². The lowest BCUT2D eigenvalue weighted by Gasteiger charge is -2.56. The van der Waals surface area contributed by atoms with Gasteiger partial charge in [0.05, 0.1) is 0 Å². The van der Waals surface area contributed by atoms with Gasteiger partial charge in [-0.15, -0.1) is 0 Å². The van der Waals surface area contributed by atoms with Crippen molar-refractivity contribution in [1.29, 1.82) is 0 Å². The van der Waals surface area contributed by atoms with Crippen molar-refractivity contribution in [2.24, 2.45) is 5.41 Å². The normalized spacial score (nSPS) is 21.6. The Labute approximate surface area is 114 Å². The van der Waals surface area contributed by atoms with Gasteiger partial charge in [-0.2, -0.15) is 13.2 Å². The van der Waals surface area contributed by atoms with E-state index in [2.05, 4.69) is 10.2 Å². The van der Waals surface area contributed by atoms with Crippen LogP contribution in [0.15, 0.2) is 23.1 Å². The molecule has 0 bridgehead atoms. The molecule has 0 aliphatic carbocycles. The molecule has 4 nitrogen and oxygen atoms in total. The van der Waals surface area contributed by atoms with Gasteiger partial charge in [0.1, 0.15) is 6.54 Å². The average molecular weight is 287 g/mol. The summed E-state index contributed by atoms with van der Waals surface area (Å²) < 4.78 is 37.8. The third-order valence-electron chi connectivity index (χ3n) is 3.92. The van der Waals surface area contributed by atoms with Crippen LogP contribution >= 0.6 is 0 Å². The van der Waals surface area contributed by atoms with E-state index in [1.165, 1.54) is 12.3 Å². The topological polar surface area (TPSA) is 37.3 Å². The molecule has 0 radical (unpaired) electrons. The van der Waals surface area contributed by atoms with Gasteiger partial charge in [0.15, 0.2) is 0 Å². The summed E-state index contributed by atoms with van der Waals surface area (Å²) in [5, 5.41) is 3.23. The molecule has 1 spiro atoms. The Morgan fingerprint density at radius 1 is 1.25 bits per heavy atom. The van der Waals surface area contributed by atoms with Crippen molar-refractivity contribution < 1.29 is 13.2 Å². The second kappa shape index (κ2) is 4.60. The van der Waals surface area contributed by atoms with Gasteiger partial charge in [-0.3, -0.25) is 9.69 Å². The molecule has 0 atom stereocenters. The largest absolute Gasteiger partial charge is 0.406 e. The highest BCUT2D eigenvalue weighted by Crippen LogP contribution is 2.34. The van der Waals surface area contributed by atoms with E-state index in [0.29, 0.717) is 12.0 Å². The first-order valence-electron chi connectivity index (χ1n) is 6.55. The van der Waals surface area contributed by atoms with Gasteiger partial charge in [0.25, 0.3) is 5.56 Å². The number of pyridine rings is 1. The summed E-state index contributed by atoms with van der Waals surface area (Å²) in [6, 6.07) is 2.82. The molecule has 2 saturated heterocycles. The average Bonchev–Trinajstić information content (AvgIpc) is 2.22. The molecule has 2 aliphatic rings. The van der Waals surface area contributed by atoms with Crippen LogP contribution in [-0.2, 0) is 13.1 Å². The van der Waals surface area contributed by atoms with Crippen LogP contribution in [0.3, 0.4) is 0 Å². The van der Waals surface area contributed by atoms with Crippen molar-refractivity contribution in [3.8, 4) is 0 Å². The predicted molar refractivity (Wildman–Crippen MR) is 67.3 cm³/mol. The molecule has 0 amide bonds. The Morgan fingerprint density at radius 3 is 2.50 bits per heavy atom. The quantitative estimate of drug-likeness (QED) is 0.894. The summed E-state index contributed by atoms with van der Waals surface area (Å²) in [6.07, 6.45) is -3.05. The van der Waals surface area contributed by atoms with E-state index < -0.39 is 18.3 Å². The maximum atomic E-state index is 12.4. The van der Waals surface area contributed by atoms with E-state index in [1.807, 2.05) is 0 Å². The number of alkyl halides is 3. The maximum absolute atomic E-state index is 12.4. The van der Waals surface area contributed by atoms with E-state index in [1.54, 1.807) is 6.07 Å². The molecule has 1 aromatic rings. The van der Waals surface area contributed by atoms with Crippen LogP contribution in [0.25, 0.3) is 0 Å². The van der Waals surface area contributed by atoms with Crippen LogP contribution in [0.2, 0.25) is 0 Å². The van der Waals surface area contributed by atoms with Crippen LogP contribution in [0.1, 0.15) is 5.56 Å². The first-order chi connectivity index (χ1) is 9.35. The number of aromatic nitrogens is 1. The number of rotatable bonds is 3. The minimum absolute atomic E-state index is 0.389. The van der Waals surface area contributed by atoms with E-state index in [9.17, 15) is 18.0 Å². The highest BCUT2D eigenvalue weighted by Gasteiger charge is 2.47. The summed E-state index contributed by atoms with van der Waals surface area (Å²) >= 11 is 0. The molecule has 2 fully saturated rings. The second-order valence-corrected chi connectivity index (χ2v) is 5.87. The second-order valence-electron chi connectivity index (χ2n) is 5.87. The fourth-order valence-corrected chi connectivity index (χ4v) is 2.97. The minimum atomic E-state index is -4.37. The highest BCUT2D eigenvalue weighted by atomic mass is 19.4. The van der Waals surface area contributed by atoms with E-state index >= 15 is 0 Å². The van der Waals surface area contributed by atoms with Crippen molar-refractivity contribution in [1.82, 2.24) is 14.8 Å². The molecule has 0 saturated carbocycles. The first-order valence-corrected chi connectivity index (χ1v) is 6.55. The Balaban J connectivity index is 1.65. The molecule has 0 unspecified atom stereocenters. The molecule has 2 aliphatic heterocycles. The van der Waals surface area contributed by atoms with Crippen molar-refractivity contribution in [2.45, 2.75) is 19.3 Å². The summed E-state index contributed by atoms with van der Waals surface area (Å²) in [5.74, 6) is 0. The molecule has 20 heavy (non-hydrogen) atoms. The van der Waals surface area contributed by atoms with Gasteiger partial charge in [0, 0.05) is 50.4 Å². The van der Waals surface area contributed by atoms with Gasteiger partial charge in [-0.25, -0.2) is 0 Å². The zero-order valence-electron chi connectivity index (χ0n) is 10.9. The lowest BCUT2D eigenvalue weighted by molar-refractivity contribution is -0.141. The number of hydrogen-bond donors (Lipinski definition) is 1. The summed E-state index contributed by atoms with van der Waals surface area (Å²) in [7, 11) is 0. The third-order valence-corrected chi connectivity index (χ3v) is 3.92. The highest BCUT2D eigenvalue weighted by molar-refractivity contribution is 5.13. The molecule has 1 aromatic heterocycles. The SMILES string of the molecule is O=c1ccc(CN2CC3(CNC3)C2)cn1CC(F)(F)F. The van der Waals surface area contributed by atoms with Crippen molar-refractivity contribution >= 4 is 0 Å². The molecule has 3 heterocycles. The predicted octanol–water partition coefficient (Wildman–Crippen LogP) is 0.816. The molecular formula is C13H16F3N3O. The number of nitrogens with zero attached hydrogens (tertiary/aromatic N) is 2. The lowest BCUT2D eigenvalue weighted by Crippen LogP contribution is -2.70. The minimum Gasteiger partial charge on any atom is -0.315 e. The summed E-state index contributed by atoms with van der Waals surface area (Å²) in [4.78, 5) is 13.6. The Bertz CT molecular complexity index is 555. The van der Waals surface area contributed by atoms with Gasteiger partial charge in [-0.1, -0.05) is 6.07 Å². The molecule has 1 N–H and O–H groups in total. The number of hydrogen-bond acceptors (Lipinski definition) is 3. The van der Waals surface area contributed by atoms with Gasteiger partial charge in [0.2, 0.25) is 0 Å². The van der Waals surface area contributed by atoms with E-state index in [4.69, 9.17) is 0 Å². The number of halogens is 3. The van der Waals surface area contributed by atoms with E-state index in [0.717, 1.165) is 36.3 Å². The van der Waals surface area contributed by atoms with Crippen LogP contribution in [0.5, 0.6) is 0 Å².